The van der Waals surface area contributed by atoms with E-state index in [1.165, 1.54) is 18.3 Å². The maximum atomic E-state index is 12.8. The summed E-state index contributed by atoms with van der Waals surface area (Å²) < 4.78 is 31.0. The van der Waals surface area contributed by atoms with Gasteiger partial charge in [-0.05, 0) is 29.1 Å². The summed E-state index contributed by atoms with van der Waals surface area (Å²) in [6.07, 6.45) is 0. The molecule has 5 nitrogen and oxygen atoms in total. The molecular weight excluding hydrogens is 322 g/mol. The van der Waals surface area contributed by atoms with E-state index in [4.69, 9.17) is 4.74 Å². The van der Waals surface area contributed by atoms with E-state index in [9.17, 15) is 13.2 Å². The number of carbonyl (C=O) groups excluding carboxylic acids is 1. The molecule has 1 amide bonds. The topological polar surface area (TPSA) is 72.5 Å². The van der Waals surface area contributed by atoms with Crippen LogP contribution in [0.15, 0.2) is 46.0 Å². The van der Waals surface area contributed by atoms with E-state index in [2.05, 4.69) is 5.32 Å². The van der Waals surface area contributed by atoms with Gasteiger partial charge in [0.2, 0.25) is 5.91 Å². The van der Waals surface area contributed by atoms with Crippen LogP contribution in [0.25, 0.3) is 0 Å². The summed E-state index contributed by atoms with van der Waals surface area (Å²) in [7, 11) is -2.02. The van der Waals surface area contributed by atoms with Crippen molar-refractivity contribution in [2.45, 2.75) is 16.4 Å². The SMILES string of the molecule is COc1ccc([C@@H](CNC(C)=O)S(=O)(=O)c2cccs2)cc1. The van der Waals surface area contributed by atoms with Gasteiger partial charge >= 0.3 is 0 Å². The minimum atomic E-state index is -3.56. The van der Waals surface area contributed by atoms with Crippen molar-refractivity contribution in [1.29, 1.82) is 0 Å². The van der Waals surface area contributed by atoms with Crippen molar-refractivity contribution < 1.29 is 17.9 Å². The number of ether oxygens (including phenoxy) is 1. The average Bonchev–Trinajstić information content (AvgIpc) is 3.02. The van der Waals surface area contributed by atoms with Crippen molar-refractivity contribution in [2.75, 3.05) is 13.7 Å². The Balaban J connectivity index is 2.39. The molecular formula is C15H17NO4S2. The molecule has 2 aromatic rings. The van der Waals surface area contributed by atoms with Crippen LogP contribution in [0.1, 0.15) is 17.7 Å². The molecule has 1 aromatic carbocycles. The Hall–Kier alpha value is -1.86. The van der Waals surface area contributed by atoms with Crippen LogP contribution in [-0.2, 0) is 14.6 Å². The highest BCUT2D eigenvalue weighted by Crippen LogP contribution is 2.31. The molecule has 0 aliphatic carbocycles. The van der Waals surface area contributed by atoms with Gasteiger partial charge in [0.15, 0.2) is 9.84 Å². The second-order valence-corrected chi connectivity index (χ2v) is 7.98. The standard InChI is InChI=1S/C15H17NO4S2/c1-11(17)16-10-14(12-5-7-13(20-2)8-6-12)22(18,19)15-4-3-9-21-15/h3-9,14H,10H2,1-2H3,(H,16,17)/t14-/m1/s1. The smallest absolute Gasteiger partial charge is 0.216 e. The second kappa shape index (κ2) is 6.93. The molecule has 2 rings (SSSR count). The van der Waals surface area contributed by atoms with Gasteiger partial charge in [0, 0.05) is 13.5 Å². The molecule has 0 aliphatic heterocycles. The minimum Gasteiger partial charge on any atom is -0.497 e. The fourth-order valence-electron chi connectivity index (χ4n) is 2.03. The van der Waals surface area contributed by atoms with E-state index in [1.54, 1.807) is 48.9 Å². The highest BCUT2D eigenvalue weighted by atomic mass is 32.2. The molecule has 0 fully saturated rings. The second-order valence-electron chi connectivity index (χ2n) is 4.68. The molecule has 0 saturated carbocycles. The van der Waals surface area contributed by atoms with Crippen LogP contribution in [-0.4, -0.2) is 28.0 Å². The Morgan fingerprint density at radius 2 is 1.95 bits per heavy atom. The molecule has 0 bridgehead atoms. The van der Waals surface area contributed by atoms with Crippen molar-refractivity contribution in [3.63, 3.8) is 0 Å². The number of hydrogen-bond donors (Lipinski definition) is 1. The van der Waals surface area contributed by atoms with Crippen LogP contribution < -0.4 is 10.1 Å². The normalized spacial score (nSPS) is 12.6. The van der Waals surface area contributed by atoms with Gasteiger partial charge in [-0.25, -0.2) is 8.42 Å². The first-order chi connectivity index (χ1) is 10.4. The number of thiophene rings is 1. The number of benzene rings is 1. The average molecular weight is 339 g/mol. The molecule has 22 heavy (non-hydrogen) atoms. The Morgan fingerprint density at radius 3 is 2.45 bits per heavy atom. The first-order valence-corrected chi connectivity index (χ1v) is 9.03. The molecule has 118 valence electrons. The summed E-state index contributed by atoms with van der Waals surface area (Å²) in [6.45, 7) is 1.39. The van der Waals surface area contributed by atoms with E-state index in [0.717, 1.165) is 0 Å². The van der Waals surface area contributed by atoms with E-state index in [1.807, 2.05) is 0 Å². The Kier molecular flexibility index (Phi) is 5.20. The van der Waals surface area contributed by atoms with Crippen LogP contribution >= 0.6 is 11.3 Å². The van der Waals surface area contributed by atoms with Gasteiger partial charge < -0.3 is 10.1 Å². The van der Waals surface area contributed by atoms with Crippen molar-refractivity contribution in [3.8, 4) is 5.75 Å². The van der Waals surface area contributed by atoms with Crippen molar-refractivity contribution >= 4 is 27.1 Å². The van der Waals surface area contributed by atoms with E-state index < -0.39 is 15.1 Å². The summed E-state index contributed by atoms with van der Waals surface area (Å²) in [5.41, 5.74) is 0.614. The lowest BCUT2D eigenvalue weighted by molar-refractivity contribution is -0.118. The zero-order valence-corrected chi connectivity index (χ0v) is 13.9. The highest BCUT2D eigenvalue weighted by molar-refractivity contribution is 7.93. The molecule has 1 aromatic heterocycles. The van der Waals surface area contributed by atoms with E-state index >= 15 is 0 Å². The lowest BCUT2D eigenvalue weighted by Gasteiger charge is -2.18. The van der Waals surface area contributed by atoms with Crippen molar-refractivity contribution in [3.05, 3.63) is 47.3 Å². The van der Waals surface area contributed by atoms with Crippen LogP contribution in [0.2, 0.25) is 0 Å². The molecule has 1 atom stereocenters. The Bertz CT molecular complexity index is 721. The van der Waals surface area contributed by atoms with Crippen LogP contribution in [0, 0.1) is 0 Å². The quantitative estimate of drug-likeness (QED) is 0.877. The number of carbonyl (C=O) groups is 1. The number of nitrogens with one attached hydrogen (secondary N) is 1. The number of hydrogen-bond acceptors (Lipinski definition) is 5. The van der Waals surface area contributed by atoms with E-state index in [0.29, 0.717) is 15.5 Å². The highest BCUT2D eigenvalue weighted by Gasteiger charge is 2.30. The monoisotopic (exact) mass is 339 g/mol. The van der Waals surface area contributed by atoms with Crippen LogP contribution in [0.5, 0.6) is 5.75 Å². The third-order valence-electron chi connectivity index (χ3n) is 3.17. The summed E-state index contributed by atoms with van der Waals surface area (Å²) in [5, 5.41) is 3.48. The largest absolute Gasteiger partial charge is 0.497 e. The molecule has 1 heterocycles. The Morgan fingerprint density at radius 1 is 1.27 bits per heavy atom. The molecule has 0 aliphatic rings. The third kappa shape index (κ3) is 3.66. The fourth-order valence-corrected chi connectivity index (χ4v) is 4.89. The number of amides is 1. The van der Waals surface area contributed by atoms with Gasteiger partial charge in [-0.15, -0.1) is 11.3 Å². The maximum Gasteiger partial charge on any atom is 0.216 e. The predicted molar refractivity (Wildman–Crippen MR) is 85.9 cm³/mol. The third-order valence-corrected chi connectivity index (χ3v) is 6.71. The predicted octanol–water partition coefficient (Wildman–Crippen LogP) is 2.41. The first-order valence-electron chi connectivity index (χ1n) is 6.61. The summed E-state index contributed by atoms with van der Waals surface area (Å²) in [4.78, 5) is 11.2. The summed E-state index contributed by atoms with van der Waals surface area (Å²) in [5.74, 6) is 0.385. The van der Waals surface area contributed by atoms with Crippen LogP contribution in [0.4, 0.5) is 0 Å². The van der Waals surface area contributed by atoms with Gasteiger partial charge in [-0.2, -0.15) is 0 Å². The molecule has 0 unspecified atom stereocenters. The lowest BCUT2D eigenvalue weighted by atomic mass is 10.1. The number of methoxy groups -OCH3 is 1. The molecule has 0 spiro atoms. The van der Waals surface area contributed by atoms with E-state index in [-0.39, 0.29) is 12.5 Å². The summed E-state index contributed by atoms with van der Waals surface area (Å²) in [6, 6.07) is 10.1. The molecule has 7 heteroatoms. The molecule has 0 radical (unpaired) electrons. The first kappa shape index (κ1) is 16.5. The maximum absolute atomic E-state index is 12.8. The number of rotatable bonds is 6. The fraction of sp³-hybridized carbons (Fsp3) is 0.267. The van der Waals surface area contributed by atoms with Gasteiger partial charge in [-0.3, -0.25) is 4.79 Å². The zero-order chi connectivity index (χ0) is 16.2. The molecule has 1 N–H and O–H groups in total. The minimum absolute atomic E-state index is 0.0297. The van der Waals surface area contributed by atoms with Crippen LogP contribution in [0.3, 0.4) is 0 Å². The Labute approximate surface area is 133 Å². The lowest BCUT2D eigenvalue weighted by Crippen LogP contribution is -2.30. The van der Waals surface area contributed by atoms with Gasteiger partial charge in [0.25, 0.3) is 0 Å². The summed E-state index contributed by atoms with van der Waals surface area (Å²) >= 11 is 1.17. The van der Waals surface area contributed by atoms with Crippen molar-refractivity contribution in [2.24, 2.45) is 0 Å². The van der Waals surface area contributed by atoms with Crippen molar-refractivity contribution in [1.82, 2.24) is 5.32 Å². The van der Waals surface area contributed by atoms with Gasteiger partial charge in [-0.1, -0.05) is 18.2 Å². The number of sulfone groups is 1. The van der Waals surface area contributed by atoms with Gasteiger partial charge in [0.1, 0.15) is 15.2 Å². The van der Waals surface area contributed by atoms with Gasteiger partial charge in [0.05, 0.1) is 7.11 Å². The zero-order valence-electron chi connectivity index (χ0n) is 12.3. The molecule has 0 saturated heterocycles.